The van der Waals surface area contributed by atoms with Crippen molar-refractivity contribution in [1.29, 1.82) is 0 Å². The van der Waals surface area contributed by atoms with E-state index in [1.165, 1.54) is 4.57 Å². The van der Waals surface area contributed by atoms with E-state index in [-0.39, 0.29) is 11.5 Å². The van der Waals surface area contributed by atoms with Crippen LogP contribution in [0.25, 0.3) is 0 Å². The number of anilines is 2. The summed E-state index contributed by atoms with van der Waals surface area (Å²) in [5.74, 6) is 0.125. The normalized spacial score (nSPS) is 10.9. The number of H-pyrrole nitrogens is 1. The van der Waals surface area contributed by atoms with Gasteiger partial charge in [-0.1, -0.05) is 43.7 Å². The summed E-state index contributed by atoms with van der Waals surface area (Å²) in [4.78, 5) is 31.1. The van der Waals surface area contributed by atoms with Gasteiger partial charge in [0.25, 0.3) is 5.56 Å². The third-order valence-electron chi connectivity index (χ3n) is 4.48. The number of rotatable bonds is 9. The van der Waals surface area contributed by atoms with E-state index < -0.39 is 11.2 Å². The molecule has 0 spiro atoms. The smallest absolute Gasteiger partial charge is 0.330 e. The van der Waals surface area contributed by atoms with Crippen molar-refractivity contribution in [2.75, 3.05) is 37.8 Å². The molecule has 1 aromatic heterocycles. The quantitative estimate of drug-likeness (QED) is 0.529. The molecule has 0 aliphatic carbocycles. The maximum Gasteiger partial charge on any atom is 0.330 e. The molecule has 1 heterocycles. The number of nitrogens with zero attached hydrogens (tertiary/aromatic N) is 3. The number of nitrogens with two attached hydrogens (primary N) is 1. The average molecular weight is 419 g/mol. The maximum absolute atomic E-state index is 12.7. The van der Waals surface area contributed by atoms with Crippen LogP contribution in [0.1, 0.15) is 25.3 Å². The molecule has 29 heavy (non-hydrogen) atoms. The Morgan fingerprint density at radius 1 is 1.24 bits per heavy atom. The minimum Gasteiger partial charge on any atom is -0.383 e. The Labute approximate surface area is 176 Å². The van der Waals surface area contributed by atoms with Crippen molar-refractivity contribution in [3.8, 4) is 0 Å². The molecule has 0 amide bonds. The Bertz CT molecular complexity index is 923. The Morgan fingerprint density at radius 2 is 1.93 bits per heavy atom. The van der Waals surface area contributed by atoms with Crippen molar-refractivity contribution < 1.29 is 0 Å². The largest absolute Gasteiger partial charge is 0.383 e. The van der Waals surface area contributed by atoms with Gasteiger partial charge in [0.2, 0.25) is 0 Å². The SMILES string of the molecule is CCCCn1c(N)c(N(Cc2ccccc2)C(=S)NCCN(C)C)c(=O)[nH]c1=O. The number of hydrogen-bond acceptors (Lipinski definition) is 5. The van der Waals surface area contributed by atoms with E-state index in [0.29, 0.717) is 24.7 Å². The average Bonchev–Trinajstić information content (AvgIpc) is 2.67. The highest BCUT2D eigenvalue weighted by Gasteiger charge is 2.22. The van der Waals surface area contributed by atoms with Crippen LogP contribution < -0.4 is 27.2 Å². The summed E-state index contributed by atoms with van der Waals surface area (Å²) in [5.41, 5.74) is 6.40. The van der Waals surface area contributed by atoms with Crippen molar-refractivity contribution in [3.63, 3.8) is 0 Å². The fourth-order valence-corrected chi connectivity index (χ4v) is 3.13. The number of unbranched alkanes of at least 4 members (excludes halogenated alkanes) is 1. The number of benzene rings is 1. The zero-order chi connectivity index (χ0) is 21.4. The molecule has 0 saturated heterocycles. The summed E-state index contributed by atoms with van der Waals surface area (Å²) in [6.07, 6.45) is 1.68. The lowest BCUT2D eigenvalue weighted by Gasteiger charge is -2.27. The van der Waals surface area contributed by atoms with Gasteiger partial charge in [-0.2, -0.15) is 0 Å². The third kappa shape index (κ3) is 6.16. The van der Waals surface area contributed by atoms with Gasteiger partial charge in [0, 0.05) is 19.6 Å². The molecule has 0 aliphatic rings. The van der Waals surface area contributed by atoms with Gasteiger partial charge in [-0.3, -0.25) is 14.3 Å². The van der Waals surface area contributed by atoms with Gasteiger partial charge in [0.05, 0.1) is 6.54 Å². The first-order chi connectivity index (χ1) is 13.8. The van der Waals surface area contributed by atoms with Crippen LogP contribution >= 0.6 is 12.2 Å². The van der Waals surface area contributed by atoms with Gasteiger partial charge in [-0.15, -0.1) is 0 Å². The van der Waals surface area contributed by atoms with E-state index in [0.717, 1.165) is 24.9 Å². The van der Waals surface area contributed by atoms with E-state index >= 15 is 0 Å². The lowest BCUT2D eigenvalue weighted by atomic mass is 10.2. The van der Waals surface area contributed by atoms with Crippen LogP contribution in [-0.4, -0.2) is 46.7 Å². The van der Waals surface area contributed by atoms with Crippen LogP contribution in [0.2, 0.25) is 0 Å². The van der Waals surface area contributed by atoms with Crippen LogP contribution in [0, 0.1) is 0 Å². The molecule has 2 aromatic rings. The summed E-state index contributed by atoms with van der Waals surface area (Å²) in [5, 5.41) is 3.57. The molecule has 0 unspecified atom stereocenters. The Kier molecular flexibility index (Phi) is 8.41. The number of nitrogens with one attached hydrogen (secondary N) is 2. The molecule has 0 atom stereocenters. The molecular weight excluding hydrogens is 388 g/mol. The number of aromatic amines is 1. The molecule has 0 saturated carbocycles. The van der Waals surface area contributed by atoms with Gasteiger partial charge < -0.3 is 20.9 Å². The minimum atomic E-state index is -0.548. The Balaban J connectivity index is 2.45. The van der Waals surface area contributed by atoms with Crippen molar-refractivity contribution in [3.05, 3.63) is 56.7 Å². The number of aromatic nitrogens is 2. The number of nitrogen functional groups attached to an aromatic ring is 1. The summed E-state index contributed by atoms with van der Waals surface area (Å²) >= 11 is 5.59. The first-order valence-electron chi connectivity index (χ1n) is 9.71. The lowest BCUT2D eigenvalue weighted by Crippen LogP contribution is -2.46. The predicted octanol–water partition coefficient (Wildman–Crippen LogP) is 1.36. The van der Waals surface area contributed by atoms with Crippen LogP contribution in [0.15, 0.2) is 39.9 Å². The van der Waals surface area contributed by atoms with Crippen molar-refractivity contribution in [2.45, 2.75) is 32.9 Å². The highest BCUT2D eigenvalue weighted by molar-refractivity contribution is 7.80. The monoisotopic (exact) mass is 418 g/mol. The van der Waals surface area contributed by atoms with Gasteiger partial charge >= 0.3 is 5.69 Å². The number of likely N-dealkylation sites (N-methyl/N-ethyl adjacent to an activating group) is 1. The molecule has 158 valence electrons. The number of hydrogen-bond donors (Lipinski definition) is 3. The first-order valence-corrected chi connectivity index (χ1v) is 10.1. The molecule has 1 aromatic carbocycles. The summed E-state index contributed by atoms with van der Waals surface area (Å²) in [6.45, 7) is 4.21. The zero-order valence-corrected chi connectivity index (χ0v) is 18.1. The molecule has 9 heteroatoms. The summed E-state index contributed by atoms with van der Waals surface area (Å²) < 4.78 is 1.40. The van der Waals surface area contributed by atoms with Crippen LogP contribution in [0.3, 0.4) is 0 Å². The number of thiocarbonyl (C=S) groups is 1. The van der Waals surface area contributed by atoms with Crippen molar-refractivity contribution in [2.24, 2.45) is 0 Å². The third-order valence-corrected chi connectivity index (χ3v) is 4.85. The van der Waals surface area contributed by atoms with Crippen molar-refractivity contribution in [1.82, 2.24) is 19.8 Å². The van der Waals surface area contributed by atoms with E-state index in [9.17, 15) is 9.59 Å². The van der Waals surface area contributed by atoms with Gasteiger partial charge in [-0.05, 0) is 38.3 Å². The minimum absolute atomic E-state index is 0.125. The fraction of sp³-hybridized carbons (Fsp3) is 0.450. The molecule has 4 N–H and O–H groups in total. The van der Waals surface area contributed by atoms with Crippen LogP contribution in [0.5, 0.6) is 0 Å². The molecule has 2 rings (SSSR count). The molecule has 0 bridgehead atoms. The molecular formula is C20H30N6O2S. The zero-order valence-electron chi connectivity index (χ0n) is 17.3. The molecule has 8 nitrogen and oxygen atoms in total. The van der Waals surface area contributed by atoms with E-state index in [2.05, 4.69) is 10.3 Å². The summed E-state index contributed by atoms with van der Waals surface area (Å²) in [7, 11) is 3.94. The van der Waals surface area contributed by atoms with Gasteiger partial charge in [0.15, 0.2) is 10.8 Å². The maximum atomic E-state index is 12.7. The van der Waals surface area contributed by atoms with E-state index in [4.69, 9.17) is 18.0 Å². The standard InChI is InChI=1S/C20H30N6O2S/c1-4-5-12-25-17(21)16(18(27)23-19(25)28)26(14-15-9-7-6-8-10-15)20(29)22-11-13-24(2)3/h6-10H,4-5,11-14,21H2,1-3H3,(H,22,29)(H,23,27,28). The Morgan fingerprint density at radius 3 is 2.55 bits per heavy atom. The summed E-state index contributed by atoms with van der Waals surface area (Å²) in [6, 6.07) is 9.67. The van der Waals surface area contributed by atoms with Crippen LogP contribution in [-0.2, 0) is 13.1 Å². The van der Waals surface area contributed by atoms with Crippen LogP contribution in [0.4, 0.5) is 11.5 Å². The van der Waals surface area contributed by atoms with E-state index in [1.54, 1.807) is 4.90 Å². The highest BCUT2D eigenvalue weighted by Crippen LogP contribution is 2.20. The highest BCUT2D eigenvalue weighted by atomic mass is 32.1. The van der Waals surface area contributed by atoms with Gasteiger partial charge in [-0.25, -0.2) is 4.79 Å². The molecule has 0 radical (unpaired) electrons. The van der Waals surface area contributed by atoms with Crippen molar-refractivity contribution >= 4 is 28.8 Å². The Hall–Kier alpha value is -2.65. The second-order valence-corrected chi connectivity index (χ2v) is 7.49. The fourth-order valence-electron chi connectivity index (χ4n) is 2.88. The predicted molar refractivity (Wildman–Crippen MR) is 122 cm³/mol. The lowest BCUT2D eigenvalue weighted by molar-refractivity contribution is 0.412. The second kappa shape index (κ2) is 10.8. The first kappa shape index (κ1) is 22.6. The second-order valence-electron chi connectivity index (χ2n) is 7.11. The molecule has 0 aliphatic heterocycles. The van der Waals surface area contributed by atoms with E-state index in [1.807, 2.05) is 56.3 Å². The molecule has 0 fully saturated rings. The topological polar surface area (TPSA) is 99.4 Å². The van der Waals surface area contributed by atoms with Gasteiger partial charge in [0.1, 0.15) is 5.82 Å².